The van der Waals surface area contributed by atoms with E-state index in [1.807, 2.05) is 56.3 Å². The normalized spacial score (nSPS) is 11.5. The van der Waals surface area contributed by atoms with E-state index in [1.165, 1.54) is 11.8 Å². The highest BCUT2D eigenvalue weighted by molar-refractivity contribution is 8.01. The molecule has 0 amide bonds. The van der Waals surface area contributed by atoms with Gasteiger partial charge in [0.25, 0.3) is 0 Å². The van der Waals surface area contributed by atoms with Gasteiger partial charge in [0.05, 0.1) is 6.61 Å². The molecule has 0 saturated carbocycles. The van der Waals surface area contributed by atoms with Gasteiger partial charge in [0, 0.05) is 10.5 Å². The maximum Gasteiger partial charge on any atom is 0.321 e. The lowest BCUT2D eigenvalue weighted by molar-refractivity contribution is -0.145. The van der Waals surface area contributed by atoms with E-state index in [9.17, 15) is 9.59 Å². The van der Waals surface area contributed by atoms with Gasteiger partial charge >= 0.3 is 5.97 Å². The number of benzene rings is 2. The average Bonchev–Trinajstić information content (AvgIpc) is 2.61. The number of hydrogen-bond acceptors (Lipinski definition) is 4. The second-order valence-corrected chi connectivity index (χ2v) is 7.66. The van der Waals surface area contributed by atoms with Crippen LogP contribution in [0, 0.1) is 0 Å². The number of carbonyl (C=O) groups is 2. The van der Waals surface area contributed by atoms with Gasteiger partial charge in [-0.15, -0.1) is 11.8 Å². The fourth-order valence-electron chi connectivity index (χ4n) is 2.16. The van der Waals surface area contributed by atoms with Gasteiger partial charge in [-0.3, -0.25) is 9.59 Å². The van der Waals surface area contributed by atoms with Crippen LogP contribution in [0.1, 0.15) is 36.7 Å². The number of carbonyl (C=O) groups excluding carboxylic acids is 2. The lowest BCUT2D eigenvalue weighted by atomic mass is 10.1. The van der Waals surface area contributed by atoms with Crippen molar-refractivity contribution in [3.8, 4) is 0 Å². The van der Waals surface area contributed by atoms with Crippen LogP contribution in [0.25, 0.3) is 6.08 Å². The molecule has 0 saturated heterocycles. The summed E-state index contributed by atoms with van der Waals surface area (Å²) in [7, 11) is 0. The second kappa shape index (κ2) is 8.67. The molecule has 4 heteroatoms. The predicted molar refractivity (Wildman–Crippen MR) is 103 cm³/mol. The van der Waals surface area contributed by atoms with Crippen molar-refractivity contribution in [1.82, 2.24) is 0 Å². The molecule has 0 bridgehead atoms. The summed E-state index contributed by atoms with van der Waals surface area (Å²) in [6.07, 6.45) is 3.36. The molecule has 0 atom stereocenters. The van der Waals surface area contributed by atoms with E-state index in [4.69, 9.17) is 4.74 Å². The molecule has 2 aromatic carbocycles. The number of rotatable bonds is 7. The van der Waals surface area contributed by atoms with Crippen LogP contribution >= 0.6 is 11.8 Å². The Labute approximate surface area is 153 Å². The monoisotopic (exact) mass is 354 g/mol. The van der Waals surface area contributed by atoms with Crippen LogP contribution in [0.2, 0.25) is 0 Å². The summed E-state index contributed by atoms with van der Waals surface area (Å²) in [5.41, 5.74) is 1.60. The molecule has 25 heavy (non-hydrogen) atoms. The maximum absolute atomic E-state index is 12.1. The molecule has 130 valence electrons. The summed E-state index contributed by atoms with van der Waals surface area (Å²) in [5.74, 6) is -0.250. The number of thioether (sulfide) groups is 1. The van der Waals surface area contributed by atoms with Crippen molar-refractivity contribution < 1.29 is 14.3 Å². The molecule has 0 radical (unpaired) electrons. The third kappa shape index (κ3) is 5.61. The van der Waals surface area contributed by atoms with Crippen molar-refractivity contribution in [3.63, 3.8) is 0 Å². The summed E-state index contributed by atoms with van der Waals surface area (Å²) in [6.45, 7) is 5.88. The topological polar surface area (TPSA) is 43.4 Å². The summed E-state index contributed by atoms with van der Waals surface area (Å²) in [6, 6.07) is 16.9. The molecule has 2 rings (SSSR count). The summed E-state index contributed by atoms with van der Waals surface area (Å²) >= 11 is 1.46. The quantitative estimate of drug-likeness (QED) is 0.303. The van der Waals surface area contributed by atoms with Crippen LogP contribution in [0.4, 0.5) is 0 Å². The van der Waals surface area contributed by atoms with Crippen LogP contribution in [0.15, 0.2) is 65.6 Å². The van der Waals surface area contributed by atoms with Gasteiger partial charge in [-0.05, 0) is 44.5 Å². The van der Waals surface area contributed by atoms with E-state index in [0.29, 0.717) is 12.2 Å². The first-order chi connectivity index (χ1) is 11.9. The van der Waals surface area contributed by atoms with Gasteiger partial charge in [0.2, 0.25) is 0 Å². The number of ether oxygens (including phenoxy) is 1. The highest BCUT2D eigenvalue weighted by Gasteiger charge is 2.30. The standard InChI is InChI=1S/C21H22O3S/c1-4-24-20(23)21(2,3)25-18-13-10-16(11-14-18)12-15-19(22)17-8-6-5-7-9-17/h5-15H,4H2,1-3H3/b15-12+. The first-order valence-corrected chi connectivity index (χ1v) is 8.98. The highest BCUT2D eigenvalue weighted by atomic mass is 32.2. The molecule has 0 aliphatic rings. The molecular formula is C21H22O3S. The molecular weight excluding hydrogens is 332 g/mol. The van der Waals surface area contributed by atoms with Gasteiger partial charge in [0.15, 0.2) is 5.78 Å². The van der Waals surface area contributed by atoms with Crippen molar-refractivity contribution in [3.05, 3.63) is 71.8 Å². The number of esters is 1. The molecule has 0 aliphatic heterocycles. The molecule has 0 N–H and O–H groups in total. The molecule has 0 aromatic heterocycles. The number of ketones is 1. The minimum atomic E-state index is -0.642. The molecule has 0 unspecified atom stereocenters. The van der Waals surface area contributed by atoms with Crippen molar-refractivity contribution in [2.75, 3.05) is 6.61 Å². The number of allylic oxidation sites excluding steroid dienone is 1. The van der Waals surface area contributed by atoms with Gasteiger partial charge < -0.3 is 4.74 Å². The third-order valence-electron chi connectivity index (χ3n) is 3.51. The van der Waals surface area contributed by atoms with E-state index in [2.05, 4.69) is 0 Å². The molecule has 2 aromatic rings. The van der Waals surface area contributed by atoms with Crippen molar-refractivity contribution in [2.24, 2.45) is 0 Å². The molecule has 3 nitrogen and oxygen atoms in total. The van der Waals surface area contributed by atoms with Gasteiger partial charge in [-0.25, -0.2) is 0 Å². The smallest absolute Gasteiger partial charge is 0.321 e. The molecule has 0 heterocycles. The van der Waals surface area contributed by atoms with Gasteiger partial charge in [0.1, 0.15) is 4.75 Å². The number of hydrogen-bond donors (Lipinski definition) is 0. The zero-order valence-corrected chi connectivity index (χ0v) is 15.5. The van der Waals surface area contributed by atoms with Crippen molar-refractivity contribution >= 4 is 29.6 Å². The highest BCUT2D eigenvalue weighted by Crippen LogP contribution is 2.33. The molecule has 0 aliphatic carbocycles. The fourth-order valence-corrected chi connectivity index (χ4v) is 3.16. The van der Waals surface area contributed by atoms with Crippen LogP contribution in [0.5, 0.6) is 0 Å². The summed E-state index contributed by atoms with van der Waals surface area (Å²) in [4.78, 5) is 25.0. The lowest BCUT2D eigenvalue weighted by Crippen LogP contribution is -2.29. The predicted octanol–water partition coefficient (Wildman–Crippen LogP) is 5.02. The summed E-state index contributed by atoms with van der Waals surface area (Å²) in [5, 5.41) is 0. The zero-order chi connectivity index (χ0) is 18.3. The summed E-state index contributed by atoms with van der Waals surface area (Å²) < 4.78 is 4.46. The second-order valence-electron chi connectivity index (χ2n) is 5.97. The van der Waals surface area contributed by atoms with Crippen LogP contribution in [0.3, 0.4) is 0 Å². The molecule has 0 fully saturated rings. The Balaban J connectivity index is 2.01. The van der Waals surface area contributed by atoms with Gasteiger partial charge in [-0.2, -0.15) is 0 Å². The average molecular weight is 354 g/mol. The Hall–Kier alpha value is -2.33. The Morgan fingerprint density at radius 3 is 2.28 bits per heavy atom. The Kier molecular flexibility index (Phi) is 6.59. The van der Waals surface area contributed by atoms with Crippen LogP contribution < -0.4 is 0 Å². The lowest BCUT2D eigenvalue weighted by Gasteiger charge is -2.21. The first kappa shape index (κ1) is 19.0. The van der Waals surface area contributed by atoms with Crippen LogP contribution in [-0.4, -0.2) is 23.1 Å². The Morgan fingerprint density at radius 1 is 1.04 bits per heavy atom. The van der Waals surface area contributed by atoms with E-state index in [0.717, 1.165) is 10.5 Å². The van der Waals surface area contributed by atoms with E-state index < -0.39 is 4.75 Å². The Morgan fingerprint density at radius 2 is 1.68 bits per heavy atom. The van der Waals surface area contributed by atoms with Crippen molar-refractivity contribution in [2.45, 2.75) is 30.4 Å². The SMILES string of the molecule is CCOC(=O)C(C)(C)Sc1ccc(/C=C/C(=O)c2ccccc2)cc1. The third-order valence-corrected chi connectivity index (χ3v) is 4.69. The minimum absolute atomic E-state index is 0.0255. The fraction of sp³-hybridized carbons (Fsp3) is 0.238. The maximum atomic E-state index is 12.1. The minimum Gasteiger partial charge on any atom is -0.465 e. The van der Waals surface area contributed by atoms with Gasteiger partial charge in [-0.1, -0.05) is 48.5 Å². The van der Waals surface area contributed by atoms with E-state index >= 15 is 0 Å². The van der Waals surface area contributed by atoms with E-state index in [1.54, 1.807) is 31.2 Å². The zero-order valence-electron chi connectivity index (χ0n) is 14.7. The largest absolute Gasteiger partial charge is 0.465 e. The van der Waals surface area contributed by atoms with Crippen LogP contribution in [-0.2, 0) is 9.53 Å². The first-order valence-electron chi connectivity index (χ1n) is 8.16. The molecule has 0 spiro atoms. The van der Waals surface area contributed by atoms with E-state index in [-0.39, 0.29) is 11.8 Å². The van der Waals surface area contributed by atoms with Crippen molar-refractivity contribution in [1.29, 1.82) is 0 Å². The Bertz CT molecular complexity index is 746.